The first kappa shape index (κ1) is 14.4. The molecule has 3 rings (SSSR count). The molecule has 2 fully saturated rings. The van der Waals surface area contributed by atoms with Crippen LogP contribution in [-0.4, -0.2) is 28.9 Å². The van der Waals surface area contributed by atoms with Crippen LogP contribution < -0.4 is 4.90 Å². The fraction of sp³-hybridized carbons (Fsp3) is 0.625. The minimum absolute atomic E-state index is 0.0558. The van der Waals surface area contributed by atoms with Crippen molar-refractivity contribution in [1.82, 2.24) is 0 Å². The topological polar surface area (TPSA) is 43.7 Å². The molecular formula is C16H22BrNO2. The number of rotatable bonds is 2. The van der Waals surface area contributed by atoms with E-state index in [1.54, 1.807) is 0 Å². The summed E-state index contributed by atoms with van der Waals surface area (Å²) in [4.78, 5) is 2.34. The smallest absolute Gasteiger partial charge is 0.0709 e. The molecular weight excluding hydrogens is 318 g/mol. The molecule has 1 saturated carbocycles. The summed E-state index contributed by atoms with van der Waals surface area (Å²) < 4.78 is 0.997. The number of hydrogen-bond acceptors (Lipinski definition) is 3. The van der Waals surface area contributed by atoms with E-state index in [2.05, 4.69) is 26.9 Å². The van der Waals surface area contributed by atoms with E-state index < -0.39 is 5.60 Å². The van der Waals surface area contributed by atoms with Gasteiger partial charge in [0.05, 0.1) is 12.2 Å². The first-order valence-electron chi connectivity index (χ1n) is 7.49. The highest BCUT2D eigenvalue weighted by Gasteiger charge is 2.42. The lowest BCUT2D eigenvalue weighted by atomic mass is 9.71. The second kappa shape index (κ2) is 5.66. The van der Waals surface area contributed by atoms with Gasteiger partial charge in [-0.25, -0.2) is 0 Å². The van der Waals surface area contributed by atoms with Crippen molar-refractivity contribution < 1.29 is 10.2 Å². The monoisotopic (exact) mass is 339 g/mol. The van der Waals surface area contributed by atoms with Crippen molar-refractivity contribution in [1.29, 1.82) is 0 Å². The third kappa shape index (κ3) is 2.61. The predicted molar refractivity (Wildman–Crippen MR) is 83.8 cm³/mol. The van der Waals surface area contributed by atoms with Gasteiger partial charge >= 0.3 is 0 Å². The van der Waals surface area contributed by atoms with Gasteiger partial charge in [0, 0.05) is 34.7 Å². The Kier molecular flexibility index (Phi) is 4.07. The Labute approximate surface area is 128 Å². The quantitative estimate of drug-likeness (QED) is 0.870. The summed E-state index contributed by atoms with van der Waals surface area (Å²) in [7, 11) is 0. The lowest BCUT2D eigenvalue weighted by Gasteiger charge is -2.48. The van der Waals surface area contributed by atoms with Crippen LogP contribution in [-0.2, 0) is 6.61 Å². The van der Waals surface area contributed by atoms with Crippen LogP contribution in [0.25, 0.3) is 0 Å². The largest absolute Gasteiger partial charge is 0.392 e. The molecule has 1 aliphatic heterocycles. The number of halogens is 1. The molecule has 0 bridgehead atoms. The zero-order chi connectivity index (χ0) is 14.2. The van der Waals surface area contributed by atoms with Crippen LogP contribution in [0, 0.1) is 5.92 Å². The average Bonchev–Trinajstić information content (AvgIpc) is 2.46. The third-order valence-corrected chi connectivity index (χ3v) is 5.47. The molecule has 1 aliphatic carbocycles. The van der Waals surface area contributed by atoms with E-state index in [0.29, 0.717) is 5.92 Å². The zero-order valence-corrected chi connectivity index (χ0v) is 13.3. The van der Waals surface area contributed by atoms with Crippen molar-refractivity contribution in [3.8, 4) is 0 Å². The number of hydrogen-bond donors (Lipinski definition) is 2. The van der Waals surface area contributed by atoms with Crippen molar-refractivity contribution in [3.05, 3.63) is 28.2 Å². The highest BCUT2D eigenvalue weighted by atomic mass is 79.9. The molecule has 0 aromatic heterocycles. The van der Waals surface area contributed by atoms with Gasteiger partial charge in [-0.05, 0) is 37.5 Å². The average molecular weight is 340 g/mol. The standard InChI is InChI=1S/C16H22BrNO2/c17-14-4-5-15(12(9-14)11-19)18-8-7-16(20)6-2-1-3-13(16)10-18/h4-5,9,13,19-20H,1-3,6-8,10-11H2. The molecule has 2 aliphatic rings. The number of piperidine rings is 1. The van der Waals surface area contributed by atoms with E-state index in [9.17, 15) is 10.2 Å². The van der Waals surface area contributed by atoms with Crippen LogP contribution in [0.4, 0.5) is 5.69 Å². The lowest BCUT2D eigenvalue weighted by molar-refractivity contribution is -0.0612. The molecule has 1 aromatic carbocycles. The Morgan fingerprint density at radius 1 is 1.30 bits per heavy atom. The first-order chi connectivity index (χ1) is 9.62. The summed E-state index contributed by atoms with van der Waals surface area (Å²) in [5, 5.41) is 20.3. The van der Waals surface area contributed by atoms with Crippen LogP contribution in [0.1, 0.15) is 37.7 Å². The van der Waals surface area contributed by atoms with E-state index in [1.807, 2.05) is 12.1 Å². The number of nitrogens with zero attached hydrogens (tertiary/aromatic N) is 1. The van der Waals surface area contributed by atoms with E-state index in [0.717, 1.165) is 54.5 Å². The maximum Gasteiger partial charge on any atom is 0.0709 e. The Hall–Kier alpha value is -0.580. The van der Waals surface area contributed by atoms with Gasteiger partial charge in [0.15, 0.2) is 0 Å². The zero-order valence-electron chi connectivity index (χ0n) is 11.7. The second-order valence-electron chi connectivity index (χ2n) is 6.17. The molecule has 110 valence electrons. The van der Waals surface area contributed by atoms with Gasteiger partial charge in [0.2, 0.25) is 0 Å². The molecule has 1 aromatic rings. The van der Waals surface area contributed by atoms with Gasteiger partial charge in [-0.2, -0.15) is 0 Å². The van der Waals surface area contributed by atoms with E-state index >= 15 is 0 Å². The first-order valence-corrected chi connectivity index (χ1v) is 8.28. The molecule has 2 atom stereocenters. The summed E-state index contributed by atoms with van der Waals surface area (Å²) in [5.74, 6) is 0.375. The molecule has 1 heterocycles. The lowest BCUT2D eigenvalue weighted by Crippen LogP contribution is -2.53. The summed E-state index contributed by atoms with van der Waals surface area (Å²) in [6.45, 7) is 1.84. The van der Waals surface area contributed by atoms with Crippen molar-refractivity contribution >= 4 is 21.6 Å². The van der Waals surface area contributed by atoms with E-state index in [-0.39, 0.29) is 6.61 Å². The van der Waals surface area contributed by atoms with Gasteiger partial charge in [-0.15, -0.1) is 0 Å². The predicted octanol–water partition coefficient (Wildman–Crippen LogP) is 3.07. The Morgan fingerprint density at radius 2 is 2.15 bits per heavy atom. The molecule has 2 unspecified atom stereocenters. The molecule has 20 heavy (non-hydrogen) atoms. The highest BCUT2D eigenvalue weighted by molar-refractivity contribution is 9.10. The van der Waals surface area contributed by atoms with Gasteiger partial charge in [0.25, 0.3) is 0 Å². The summed E-state index contributed by atoms with van der Waals surface area (Å²) >= 11 is 3.46. The summed E-state index contributed by atoms with van der Waals surface area (Å²) in [6, 6.07) is 6.08. The molecule has 0 amide bonds. The van der Waals surface area contributed by atoms with Gasteiger partial charge in [-0.3, -0.25) is 0 Å². The third-order valence-electron chi connectivity index (χ3n) is 4.98. The Balaban J connectivity index is 1.82. The normalized spacial score (nSPS) is 30.1. The molecule has 0 radical (unpaired) electrons. The number of fused-ring (bicyclic) bond motifs is 1. The number of aliphatic hydroxyl groups is 2. The number of aliphatic hydroxyl groups excluding tert-OH is 1. The maximum atomic E-state index is 10.7. The van der Waals surface area contributed by atoms with Crippen LogP contribution in [0.2, 0.25) is 0 Å². The van der Waals surface area contributed by atoms with E-state index in [1.165, 1.54) is 6.42 Å². The minimum Gasteiger partial charge on any atom is -0.392 e. The van der Waals surface area contributed by atoms with Gasteiger partial charge in [0.1, 0.15) is 0 Å². The van der Waals surface area contributed by atoms with Crippen LogP contribution in [0.5, 0.6) is 0 Å². The molecule has 3 nitrogen and oxygen atoms in total. The van der Waals surface area contributed by atoms with Crippen LogP contribution >= 0.6 is 15.9 Å². The molecule has 0 spiro atoms. The summed E-state index contributed by atoms with van der Waals surface area (Å²) in [5.41, 5.74) is 1.63. The maximum absolute atomic E-state index is 10.7. The van der Waals surface area contributed by atoms with Crippen molar-refractivity contribution in [2.24, 2.45) is 5.92 Å². The van der Waals surface area contributed by atoms with Crippen LogP contribution in [0.3, 0.4) is 0 Å². The van der Waals surface area contributed by atoms with Crippen molar-refractivity contribution in [2.75, 3.05) is 18.0 Å². The van der Waals surface area contributed by atoms with E-state index in [4.69, 9.17) is 0 Å². The van der Waals surface area contributed by atoms with Crippen molar-refractivity contribution in [2.45, 2.75) is 44.3 Å². The Morgan fingerprint density at radius 3 is 2.95 bits per heavy atom. The minimum atomic E-state index is -0.441. The SMILES string of the molecule is OCc1cc(Br)ccc1N1CCC2(O)CCCCC2C1. The fourth-order valence-electron chi connectivity index (χ4n) is 3.78. The fourth-order valence-corrected chi connectivity index (χ4v) is 4.19. The Bertz CT molecular complexity index is 493. The summed E-state index contributed by atoms with van der Waals surface area (Å²) in [6.07, 6.45) is 5.32. The van der Waals surface area contributed by atoms with Gasteiger partial charge < -0.3 is 15.1 Å². The van der Waals surface area contributed by atoms with Crippen LogP contribution in [0.15, 0.2) is 22.7 Å². The molecule has 2 N–H and O–H groups in total. The second-order valence-corrected chi connectivity index (χ2v) is 7.09. The highest BCUT2D eigenvalue weighted by Crippen LogP contribution is 2.41. The number of benzene rings is 1. The number of anilines is 1. The molecule has 1 saturated heterocycles. The molecule has 4 heteroatoms. The van der Waals surface area contributed by atoms with Crippen molar-refractivity contribution in [3.63, 3.8) is 0 Å². The van der Waals surface area contributed by atoms with Gasteiger partial charge in [-0.1, -0.05) is 28.8 Å².